The second-order valence-electron chi connectivity index (χ2n) is 7.09. The number of rotatable bonds is 9. The van der Waals surface area contributed by atoms with Crippen molar-refractivity contribution in [3.8, 4) is 22.6 Å². The van der Waals surface area contributed by atoms with Crippen LogP contribution >= 0.6 is 11.3 Å². The SMILES string of the molecule is CCOC(=O)c1c(-c2ccc(C)c(C)c2)csc1NC(=O)COc1ccccc1OCC. The summed E-state index contributed by atoms with van der Waals surface area (Å²) in [6, 6.07) is 13.2. The average Bonchev–Trinajstić information content (AvgIpc) is 3.19. The molecule has 0 aliphatic heterocycles. The molecule has 0 unspecified atom stereocenters. The second-order valence-corrected chi connectivity index (χ2v) is 7.97. The van der Waals surface area contributed by atoms with Gasteiger partial charge in [0.25, 0.3) is 5.91 Å². The van der Waals surface area contributed by atoms with Gasteiger partial charge in [0.15, 0.2) is 18.1 Å². The Morgan fingerprint density at radius 3 is 2.31 bits per heavy atom. The van der Waals surface area contributed by atoms with E-state index in [1.807, 2.05) is 56.5 Å². The fourth-order valence-corrected chi connectivity index (χ4v) is 4.10. The summed E-state index contributed by atoms with van der Waals surface area (Å²) < 4.78 is 16.4. The van der Waals surface area contributed by atoms with E-state index >= 15 is 0 Å². The number of thiophene rings is 1. The van der Waals surface area contributed by atoms with Gasteiger partial charge >= 0.3 is 5.97 Å². The van der Waals surface area contributed by atoms with Gasteiger partial charge in [-0.1, -0.05) is 30.3 Å². The van der Waals surface area contributed by atoms with Crippen molar-refractivity contribution in [2.75, 3.05) is 25.1 Å². The maximum absolute atomic E-state index is 12.7. The normalized spacial score (nSPS) is 10.5. The summed E-state index contributed by atoms with van der Waals surface area (Å²) in [5.41, 5.74) is 4.27. The topological polar surface area (TPSA) is 73.9 Å². The Hall–Kier alpha value is -3.32. The summed E-state index contributed by atoms with van der Waals surface area (Å²) in [5.74, 6) is 0.204. The second kappa shape index (κ2) is 10.8. The molecule has 1 amide bonds. The molecule has 7 heteroatoms. The lowest BCUT2D eigenvalue weighted by Gasteiger charge is -2.12. The van der Waals surface area contributed by atoms with Crippen LogP contribution in [-0.4, -0.2) is 31.7 Å². The van der Waals surface area contributed by atoms with Crippen LogP contribution < -0.4 is 14.8 Å². The van der Waals surface area contributed by atoms with Crippen molar-refractivity contribution in [2.24, 2.45) is 0 Å². The van der Waals surface area contributed by atoms with E-state index in [1.54, 1.807) is 19.1 Å². The van der Waals surface area contributed by atoms with Crippen LogP contribution in [0.3, 0.4) is 0 Å². The van der Waals surface area contributed by atoms with Crippen LogP contribution in [0.15, 0.2) is 47.8 Å². The lowest BCUT2D eigenvalue weighted by Crippen LogP contribution is -2.21. The van der Waals surface area contributed by atoms with E-state index in [9.17, 15) is 9.59 Å². The summed E-state index contributed by atoms with van der Waals surface area (Å²) >= 11 is 1.28. The van der Waals surface area contributed by atoms with E-state index in [1.165, 1.54) is 16.9 Å². The predicted octanol–water partition coefficient (Wildman–Crippen LogP) is 5.62. The van der Waals surface area contributed by atoms with Crippen LogP contribution in [0.2, 0.25) is 0 Å². The summed E-state index contributed by atoms with van der Waals surface area (Å²) in [4.78, 5) is 25.3. The monoisotopic (exact) mass is 453 g/mol. The largest absolute Gasteiger partial charge is 0.490 e. The van der Waals surface area contributed by atoms with Crippen molar-refractivity contribution in [1.29, 1.82) is 0 Å². The molecule has 32 heavy (non-hydrogen) atoms. The molecule has 0 aliphatic carbocycles. The van der Waals surface area contributed by atoms with Crippen LogP contribution in [-0.2, 0) is 9.53 Å². The number of anilines is 1. The Labute approximate surface area is 192 Å². The van der Waals surface area contributed by atoms with Crippen molar-refractivity contribution in [3.63, 3.8) is 0 Å². The molecule has 0 saturated heterocycles. The third-order valence-electron chi connectivity index (χ3n) is 4.85. The molecule has 1 N–H and O–H groups in total. The first-order valence-electron chi connectivity index (χ1n) is 10.4. The van der Waals surface area contributed by atoms with E-state index < -0.39 is 5.97 Å². The van der Waals surface area contributed by atoms with Crippen molar-refractivity contribution in [1.82, 2.24) is 0 Å². The number of hydrogen-bond donors (Lipinski definition) is 1. The van der Waals surface area contributed by atoms with Crippen molar-refractivity contribution in [3.05, 3.63) is 64.5 Å². The maximum atomic E-state index is 12.7. The predicted molar refractivity (Wildman–Crippen MR) is 127 cm³/mol. The van der Waals surface area contributed by atoms with Gasteiger partial charge in [-0.3, -0.25) is 4.79 Å². The lowest BCUT2D eigenvalue weighted by atomic mass is 9.99. The minimum Gasteiger partial charge on any atom is -0.490 e. The number of aryl methyl sites for hydroxylation is 2. The van der Waals surface area contributed by atoms with Crippen molar-refractivity contribution >= 4 is 28.2 Å². The Balaban J connectivity index is 1.81. The summed E-state index contributed by atoms with van der Waals surface area (Å²) in [6.07, 6.45) is 0. The minimum atomic E-state index is -0.472. The standard InChI is InChI=1S/C25H27NO5S/c1-5-29-20-9-7-8-10-21(20)31-14-22(27)26-24-23(25(28)30-6-2)19(15-32-24)18-12-11-16(3)17(4)13-18/h7-13,15H,5-6,14H2,1-4H3,(H,26,27). The molecule has 3 rings (SSSR count). The molecule has 3 aromatic rings. The van der Waals surface area contributed by atoms with Gasteiger partial charge in [0, 0.05) is 10.9 Å². The zero-order valence-corrected chi connectivity index (χ0v) is 19.5. The minimum absolute atomic E-state index is 0.219. The van der Waals surface area contributed by atoms with Crippen LogP contribution in [0.5, 0.6) is 11.5 Å². The molecule has 0 spiro atoms. The van der Waals surface area contributed by atoms with E-state index in [0.29, 0.717) is 28.7 Å². The molecule has 6 nitrogen and oxygen atoms in total. The van der Waals surface area contributed by atoms with E-state index in [2.05, 4.69) is 5.32 Å². The smallest absolute Gasteiger partial charge is 0.341 e. The first kappa shape index (κ1) is 23.3. The number of carbonyl (C=O) groups is 2. The molecule has 1 heterocycles. The third-order valence-corrected chi connectivity index (χ3v) is 5.74. The maximum Gasteiger partial charge on any atom is 0.341 e. The molecular weight excluding hydrogens is 426 g/mol. The quantitative estimate of drug-likeness (QED) is 0.425. The molecule has 1 aromatic heterocycles. The molecule has 2 aromatic carbocycles. The van der Waals surface area contributed by atoms with Gasteiger partial charge in [0.1, 0.15) is 10.6 Å². The number of para-hydroxylation sites is 2. The highest BCUT2D eigenvalue weighted by Gasteiger charge is 2.23. The van der Waals surface area contributed by atoms with Gasteiger partial charge in [0.05, 0.1) is 13.2 Å². The number of benzene rings is 2. The zero-order chi connectivity index (χ0) is 23.1. The van der Waals surface area contributed by atoms with Crippen LogP contribution in [0, 0.1) is 13.8 Å². The van der Waals surface area contributed by atoms with Crippen LogP contribution in [0.25, 0.3) is 11.1 Å². The average molecular weight is 454 g/mol. The van der Waals surface area contributed by atoms with Crippen LogP contribution in [0.4, 0.5) is 5.00 Å². The van der Waals surface area contributed by atoms with Gasteiger partial charge < -0.3 is 19.5 Å². The summed E-state index contributed by atoms with van der Waals surface area (Å²) in [6.45, 7) is 8.21. The first-order chi connectivity index (χ1) is 15.4. The number of carbonyl (C=O) groups excluding carboxylic acids is 2. The highest BCUT2D eigenvalue weighted by atomic mass is 32.1. The Morgan fingerprint density at radius 2 is 1.66 bits per heavy atom. The highest BCUT2D eigenvalue weighted by Crippen LogP contribution is 2.37. The number of amides is 1. The molecular formula is C25H27NO5S. The fraction of sp³-hybridized carbons (Fsp3) is 0.280. The molecule has 0 bridgehead atoms. The van der Waals surface area contributed by atoms with E-state index in [4.69, 9.17) is 14.2 Å². The molecule has 0 radical (unpaired) electrons. The Kier molecular flexibility index (Phi) is 7.89. The van der Waals surface area contributed by atoms with Crippen molar-refractivity contribution < 1.29 is 23.8 Å². The number of esters is 1. The van der Waals surface area contributed by atoms with E-state index in [-0.39, 0.29) is 19.1 Å². The van der Waals surface area contributed by atoms with Gasteiger partial charge in [-0.15, -0.1) is 11.3 Å². The van der Waals surface area contributed by atoms with E-state index in [0.717, 1.165) is 16.7 Å². The Morgan fingerprint density at radius 1 is 0.938 bits per heavy atom. The Bertz CT molecular complexity index is 1110. The summed E-state index contributed by atoms with van der Waals surface area (Å²) in [5, 5.41) is 5.09. The molecule has 0 atom stereocenters. The first-order valence-corrected chi connectivity index (χ1v) is 11.3. The van der Waals surface area contributed by atoms with Gasteiger partial charge in [-0.05, 0) is 56.5 Å². The van der Waals surface area contributed by atoms with Gasteiger partial charge in [-0.25, -0.2) is 4.79 Å². The van der Waals surface area contributed by atoms with Crippen molar-refractivity contribution in [2.45, 2.75) is 27.7 Å². The molecule has 0 saturated carbocycles. The lowest BCUT2D eigenvalue weighted by molar-refractivity contribution is -0.118. The number of ether oxygens (including phenoxy) is 3. The molecule has 168 valence electrons. The van der Waals surface area contributed by atoms with Gasteiger partial charge in [-0.2, -0.15) is 0 Å². The van der Waals surface area contributed by atoms with Crippen LogP contribution in [0.1, 0.15) is 35.3 Å². The number of hydrogen-bond acceptors (Lipinski definition) is 6. The zero-order valence-electron chi connectivity index (χ0n) is 18.7. The molecule has 0 aliphatic rings. The third kappa shape index (κ3) is 5.48. The highest BCUT2D eigenvalue weighted by molar-refractivity contribution is 7.15. The van der Waals surface area contributed by atoms with Gasteiger partial charge in [0.2, 0.25) is 0 Å². The number of nitrogens with one attached hydrogen (secondary N) is 1. The molecule has 0 fully saturated rings. The fourth-order valence-electron chi connectivity index (χ4n) is 3.13. The summed E-state index contributed by atoms with van der Waals surface area (Å²) in [7, 11) is 0.